The molecule has 2 amide bonds. The summed E-state index contributed by atoms with van der Waals surface area (Å²) in [6.45, 7) is 0.635. The van der Waals surface area contributed by atoms with Gasteiger partial charge in [0, 0.05) is 17.1 Å². The number of hydrazine groups is 1. The molecule has 144 valence electrons. The SMILES string of the molecule is COCCOc1ccc(C(=O)NNC(=O)COc2ccc(Br)cc2)cc1Br. The van der Waals surface area contributed by atoms with Gasteiger partial charge in [-0.1, -0.05) is 15.9 Å². The second-order valence-electron chi connectivity index (χ2n) is 5.23. The zero-order valence-corrected chi connectivity index (χ0v) is 17.6. The van der Waals surface area contributed by atoms with Crippen LogP contribution in [0, 0.1) is 0 Å². The van der Waals surface area contributed by atoms with Gasteiger partial charge < -0.3 is 14.2 Å². The molecule has 2 N–H and O–H groups in total. The molecule has 0 atom stereocenters. The van der Waals surface area contributed by atoms with E-state index in [-0.39, 0.29) is 6.61 Å². The van der Waals surface area contributed by atoms with E-state index in [0.717, 1.165) is 4.47 Å². The molecule has 0 bridgehead atoms. The number of hydrogen-bond acceptors (Lipinski definition) is 5. The highest BCUT2D eigenvalue weighted by atomic mass is 79.9. The number of methoxy groups -OCH3 is 1. The van der Waals surface area contributed by atoms with Gasteiger partial charge in [-0.15, -0.1) is 0 Å². The van der Waals surface area contributed by atoms with Gasteiger partial charge in [-0.3, -0.25) is 20.4 Å². The molecule has 2 aromatic rings. The first-order valence-corrected chi connectivity index (χ1v) is 9.47. The van der Waals surface area contributed by atoms with Crippen LogP contribution >= 0.6 is 31.9 Å². The Labute approximate surface area is 173 Å². The number of nitrogens with one attached hydrogen (secondary N) is 2. The second kappa shape index (κ2) is 10.9. The van der Waals surface area contributed by atoms with Gasteiger partial charge in [-0.25, -0.2) is 0 Å². The summed E-state index contributed by atoms with van der Waals surface area (Å²) in [5.41, 5.74) is 4.99. The van der Waals surface area contributed by atoms with E-state index in [9.17, 15) is 9.59 Å². The average Bonchev–Trinajstić information content (AvgIpc) is 2.67. The lowest BCUT2D eigenvalue weighted by molar-refractivity contribution is -0.123. The highest BCUT2D eigenvalue weighted by Crippen LogP contribution is 2.26. The Morgan fingerprint density at radius 1 is 0.963 bits per heavy atom. The minimum atomic E-state index is -0.482. The van der Waals surface area contributed by atoms with Gasteiger partial charge >= 0.3 is 0 Å². The molecule has 0 fully saturated rings. The Morgan fingerprint density at radius 2 is 1.70 bits per heavy atom. The fourth-order valence-corrected chi connectivity index (χ4v) is 2.67. The summed E-state index contributed by atoms with van der Waals surface area (Å²) in [5.74, 6) is 0.198. The van der Waals surface area contributed by atoms with Crippen LogP contribution in [0.5, 0.6) is 11.5 Å². The van der Waals surface area contributed by atoms with Crippen molar-refractivity contribution < 1.29 is 23.8 Å². The van der Waals surface area contributed by atoms with Crippen molar-refractivity contribution in [2.75, 3.05) is 26.9 Å². The number of halogens is 2. The maximum Gasteiger partial charge on any atom is 0.276 e. The number of ether oxygens (including phenoxy) is 3. The third kappa shape index (κ3) is 7.20. The molecule has 27 heavy (non-hydrogen) atoms. The number of carbonyl (C=O) groups is 2. The third-order valence-corrected chi connectivity index (χ3v) is 4.39. The minimum Gasteiger partial charge on any atom is -0.490 e. The van der Waals surface area contributed by atoms with Gasteiger partial charge in [0.25, 0.3) is 11.8 Å². The maximum atomic E-state index is 12.1. The van der Waals surface area contributed by atoms with Crippen LogP contribution in [0.1, 0.15) is 10.4 Å². The first-order valence-electron chi connectivity index (χ1n) is 7.88. The quantitative estimate of drug-likeness (QED) is 0.429. The van der Waals surface area contributed by atoms with Crippen LogP contribution < -0.4 is 20.3 Å². The van der Waals surface area contributed by atoms with E-state index in [0.29, 0.717) is 34.7 Å². The second-order valence-corrected chi connectivity index (χ2v) is 7.00. The molecule has 0 aromatic heterocycles. The van der Waals surface area contributed by atoms with Gasteiger partial charge in [0.05, 0.1) is 11.1 Å². The number of hydrogen-bond donors (Lipinski definition) is 2. The van der Waals surface area contributed by atoms with E-state index in [2.05, 4.69) is 42.7 Å². The molecule has 0 unspecified atom stereocenters. The van der Waals surface area contributed by atoms with Crippen molar-refractivity contribution in [1.82, 2.24) is 10.9 Å². The summed E-state index contributed by atoms with van der Waals surface area (Å²) in [5, 5.41) is 0. The van der Waals surface area contributed by atoms with Crippen LogP contribution in [0.25, 0.3) is 0 Å². The number of rotatable bonds is 8. The molecule has 0 radical (unpaired) electrons. The van der Waals surface area contributed by atoms with Crippen molar-refractivity contribution in [1.29, 1.82) is 0 Å². The lowest BCUT2D eigenvalue weighted by Gasteiger charge is -2.11. The maximum absolute atomic E-state index is 12.1. The van der Waals surface area contributed by atoms with E-state index in [1.54, 1.807) is 49.6 Å². The molecule has 0 aliphatic rings. The van der Waals surface area contributed by atoms with Crippen LogP contribution in [-0.4, -0.2) is 38.7 Å². The topological polar surface area (TPSA) is 85.9 Å². The fraction of sp³-hybridized carbons (Fsp3) is 0.222. The molecule has 0 saturated heterocycles. The Hall–Kier alpha value is -2.10. The monoisotopic (exact) mass is 500 g/mol. The van der Waals surface area contributed by atoms with E-state index < -0.39 is 11.8 Å². The van der Waals surface area contributed by atoms with E-state index in [1.165, 1.54) is 0 Å². The summed E-state index contributed by atoms with van der Waals surface area (Å²) in [6, 6.07) is 11.9. The van der Waals surface area contributed by atoms with Crippen LogP contribution in [-0.2, 0) is 9.53 Å². The van der Waals surface area contributed by atoms with Gasteiger partial charge in [0.2, 0.25) is 0 Å². The van der Waals surface area contributed by atoms with Crippen LogP contribution in [0.15, 0.2) is 51.4 Å². The zero-order valence-electron chi connectivity index (χ0n) is 14.5. The van der Waals surface area contributed by atoms with E-state index in [4.69, 9.17) is 14.2 Å². The molecule has 2 rings (SSSR count). The van der Waals surface area contributed by atoms with Crippen molar-refractivity contribution in [3.8, 4) is 11.5 Å². The van der Waals surface area contributed by atoms with Crippen LogP contribution in [0.3, 0.4) is 0 Å². The Balaban J connectivity index is 1.79. The Bertz CT molecular complexity index is 784. The van der Waals surface area contributed by atoms with Crippen molar-refractivity contribution in [3.63, 3.8) is 0 Å². The Kier molecular flexibility index (Phi) is 8.56. The lowest BCUT2D eigenvalue weighted by atomic mass is 10.2. The highest BCUT2D eigenvalue weighted by Gasteiger charge is 2.11. The fourth-order valence-electron chi connectivity index (χ4n) is 1.91. The summed E-state index contributed by atoms with van der Waals surface area (Å²) < 4.78 is 17.3. The molecule has 2 aromatic carbocycles. The lowest BCUT2D eigenvalue weighted by Crippen LogP contribution is -2.43. The molecule has 7 nitrogen and oxygen atoms in total. The van der Waals surface area contributed by atoms with E-state index in [1.807, 2.05) is 0 Å². The normalized spacial score (nSPS) is 10.2. The van der Waals surface area contributed by atoms with Crippen molar-refractivity contribution in [2.45, 2.75) is 0 Å². The van der Waals surface area contributed by atoms with Gasteiger partial charge in [0.1, 0.15) is 18.1 Å². The molecule has 9 heteroatoms. The number of carbonyl (C=O) groups excluding carboxylic acids is 2. The van der Waals surface area contributed by atoms with Gasteiger partial charge in [-0.2, -0.15) is 0 Å². The van der Waals surface area contributed by atoms with Crippen molar-refractivity contribution >= 4 is 43.7 Å². The van der Waals surface area contributed by atoms with E-state index >= 15 is 0 Å². The van der Waals surface area contributed by atoms with Gasteiger partial charge in [-0.05, 0) is 58.4 Å². The highest BCUT2D eigenvalue weighted by molar-refractivity contribution is 9.10. The molecular weight excluding hydrogens is 484 g/mol. The average molecular weight is 502 g/mol. The molecule has 0 spiro atoms. The smallest absolute Gasteiger partial charge is 0.276 e. The number of amides is 2. The summed E-state index contributed by atoms with van der Waals surface area (Å²) in [4.78, 5) is 23.9. The molecule has 0 aliphatic heterocycles. The van der Waals surface area contributed by atoms with Crippen LogP contribution in [0.4, 0.5) is 0 Å². The van der Waals surface area contributed by atoms with Crippen LogP contribution in [0.2, 0.25) is 0 Å². The molecule has 0 heterocycles. The minimum absolute atomic E-state index is 0.224. The molecular formula is C18H18Br2N2O5. The zero-order chi connectivity index (χ0) is 19.6. The third-order valence-electron chi connectivity index (χ3n) is 3.24. The van der Waals surface area contributed by atoms with Gasteiger partial charge in [0.15, 0.2) is 6.61 Å². The van der Waals surface area contributed by atoms with Crippen molar-refractivity contribution in [3.05, 3.63) is 57.0 Å². The summed E-state index contributed by atoms with van der Waals surface area (Å²) in [6.07, 6.45) is 0. The Morgan fingerprint density at radius 3 is 2.37 bits per heavy atom. The molecule has 0 saturated carbocycles. The summed E-state index contributed by atoms with van der Waals surface area (Å²) in [7, 11) is 1.59. The first kappa shape index (κ1) is 21.2. The standard InChI is InChI=1S/C18H18Br2N2O5/c1-25-8-9-26-16-7-2-12(10-15(16)20)18(24)22-21-17(23)11-27-14-5-3-13(19)4-6-14/h2-7,10H,8-9,11H2,1H3,(H,21,23)(H,22,24). The first-order chi connectivity index (χ1) is 13.0. The number of benzene rings is 2. The largest absolute Gasteiger partial charge is 0.490 e. The predicted octanol–water partition coefficient (Wildman–Crippen LogP) is 3.08. The predicted molar refractivity (Wildman–Crippen MR) is 107 cm³/mol. The molecule has 0 aliphatic carbocycles. The van der Waals surface area contributed by atoms with Crippen molar-refractivity contribution in [2.24, 2.45) is 0 Å². The summed E-state index contributed by atoms with van der Waals surface area (Å²) >= 11 is 6.66.